The molecule has 0 bridgehead atoms. The maximum atomic E-state index is 12.6. The van der Waals surface area contributed by atoms with Crippen LogP contribution in [0.1, 0.15) is 32.9 Å². The molecule has 3 rings (SSSR count). The summed E-state index contributed by atoms with van der Waals surface area (Å²) in [5.41, 5.74) is 5.24. The number of nitrogens with zero attached hydrogens (tertiary/aromatic N) is 2. The third-order valence-electron chi connectivity index (χ3n) is 4.71. The van der Waals surface area contributed by atoms with E-state index in [1.165, 1.54) is 0 Å². The molecule has 144 valence electrons. The molecule has 6 nitrogen and oxygen atoms in total. The van der Waals surface area contributed by atoms with Gasteiger partial charge in [-0.2, -0.15) is 5.10 Å². The number of carbonyl (C=O) groups excluding carboxylic acids is 2. The van der Waals surface area contributed by atoms with Gasteiger partial charge in [-0.3, -0.25) is 4.79 Å². The van der Waals surface area contributed by atoms with Gasteiger partial charge >= 0.3 is 5.97 Å². The molecule has 1 N–H and O–H groups in total. The fourth-order valence-corrected chi connectivity index (χ4v) is 3.03. The monoisotopic (exact) mass is 377 g/mol. The van der Waals surface area contributed by atoms with E-state index in [1.54, 1.807) is 18.5 Å². The van der Waals surface area contributed by atoms with Gasteiger partial charge in [0.1, 0.15) is 5.56 Å². The van der Waals surface area contributed by atoms with Gasteiger partial charge in [0.25, 0.3) is 5.91 Å². The van der Waals surface area contributed by atoms with Crippen molar-refractivity contribution in [2.45, 2.75) is 27.7 Å². The van der Waals surface area contributed by atoms with Crippen LogP contribution in [-0.2, 0) is 9.53 Å². The molecule has 28 heavy (non-hydrogen) atoms. The second-order valence-electron chi connectivity index (χ2n) is 6.66. The molecule has 0 aliphatic heterocycles. The summed E-state index contributed by atoms with van der Waals surface area (Å²) in [7, 11) is 0. The van der Waals surface area contributed by atoms with Crippen molar-refractivity contribution in [1.29, 1.82) is 0 Å². The standard InChI is InChI=1S/C22H23N3O3/c1-14-9-8-12-19(15(14)2)23-20(26)13-28-22(27)21-16(3)24-25(17(21)4)18-10-6-5-7-11-18/h5-12H,13H2,1-4H3,(H,23,26). The lowest BCUT2D eigenvalue weighted by molar-refractivity contribution is -0.119. The van der Waals surface area contributed by atoms with E-state index in [2.05, 4.69) is 10.4 Å². The number of para-hydroxylation sites is 1. The number of nitrogens with one attached hydrogen (secondary N) is 1. The number of amides is 1. The topological polar surface area (TPSA) is 73.2 Å². The van der Waals surface area contributed by atoms with E-state index in [-0.39, 0.29) is 12.5 Å². The summed E-state index contributed by atoms with van der Waals surface area (Å²) in [6.07, 6.45) is 0. The lowest BCUT2D eigenvalue weighted by atomic mass is 10.1. The Morgan fingerprint density at radius 3 is 2.43 bits per heavy atom. The summed E-state index contributed by atoms with van der Waals surface area (Å²) >= 11 is 0. The highest BCUT2D eigenvalue weighted by molar-refractivity contribution is 5.97. The van der Waals surface area contributed by atoms with Crippen molar-refractivity contribution >= 4 is 17.6 Å². The molecular formula is C22H23N3O3. The normalized spacial score (nSPS) is 10.6. The van der Waals surface area contributed by atoms with Gasteiger partial charge in [-0.15, -0.1) is 0 Å². The maximum Gasteiger partial charge on any atom is 0.342 e. The van der Waals surface area contributed by atoms with Gasteiger partial charge in [0.05, 0.1) is 17.1 Å². The van der Waals surface area contributed by atoms with E-state index in [4.69, 9.17) is 4.74 Å². The van der Waals surface area contributed by atoms with Crippen molar-refractivity contribution in [2.24, 2.45) is 0 Å². The van der Waals surface area contributed by atoms with Crippen LogP contribution in [0.5, 0.6) is 0 Å². The first-order chi connectivity index (χ1) is 13.4. The molecule has 0 aliphatic rings. The molecule has 1 heterocycles. The molecule has 0 saturated heterocycles. The van der Waals surface area contributed by atoms with E-state index >= 15 is 0 Å². The lowest BCUT2D eigenvalue weighted by Crippen LogP contribution is -2.22. The molecule has 0 saturated carbocycles. The van der Waals surface area contributed by atoms with Gasteiger partial charge in [0.15, 0.2) is 6.61 Å². The number of hydrogen-bond donors (Lipinski definition) is 1. The van der Waals surface area contributed by atoms with Crippen molar-refractivity contribution in [3.8, 4) is 5.69 Å². The number of benzene rings is 2. The van der Waals surface area contributed by atoms with Crippen LogP contribution in [0, 0.1) is 27.7 Å². The van der Waals surface area contributed by atoms with Crippen LogP contribution in [0.15, 0.2) is 48.5 Å². The predicted octanol–water partition coefficient (Wildman–Crippen LogP) is 3.90. The maximum absolute atomic E-state index is 12.6. The summed E-state index contributed by atoms with van der Waals surface area (Å²) in [4.78, 5) is 24.8. The van der Waals surface area contributed by atoms with Crippen molar-refractivity contribution in [3.63, 3.8) is 0 Å². The third-order valence-corrected chi connectivity index (χ3v) is 4.71. The molecule has 0 spiro atoms. The van der Waals surface area contributed by atoms with Crippen molar-refractivity contribution in [2.75, 3.05) is 11.9 Å². The van der Waals surface area contributed by atoms with Crippen LogP contribution >= 0.6 is 0 Å². The van der Waals surface area contributed by atoms with Crippen LogP contribution in [0.2, 0.25) is 0 Å². The zero-order valence-electron chi connectivity index (χ0n) is 16.4. The first kappa shape index (κ1) is 19.4. The van der Waals surface area contributed by atoms with Crippen LogP contribution in [-0.4, -0.2) is 28.3 Å². The SMILES string of the molecule is Cc1cccc(NC(=O)COC(=O)c2c(C)nn(-c3ccccc3)c2C)c1C. The van der Waals surface area contributed by atoms with Gasteiger partial charge in [-0.25, -0.2) is 9.48 Å². The van der Waals surface area contributed by atoms with Crippen LogP contribution in [0.25, 0.3) is 5.69 Å². The summed E-state index contributed by atoms with van der Waals surface area (Å²) < 4.78 is 6.94. The number of rotatable bonds is 5. The molecule has 0 atom stereocenters. The number of esters is 1. The highest BCUT2D eigenvalue weighted by Gasteiger charge is 2.21. The molecule has 2 aromatic carbocycles. The Morgan fingerprint density at radius 1 is 1.00 bits per heavy atom. The van der Waals surface area contributed by atoms with Crippen molar-refractivity contribution in [1.82, 2.24) is 9.78 Å². The number of anilines is 1. The Kier molecular flexibility index (Phi) is 5.59. The summed E-state index contributed by atoms with van der Waals surface area (Å²) in [5.74, 6) is -0.943. The number of hydrogen-bond acceptors (Lipinski definition) is 4. The van der Waals surface area contributed by atoms with Gasteiger partial charge in [0.2, 0.25) is 0 Å². The fraction of sp³-hybridized carbons (Fsp3) is 0.227. The van der Waals surface area contributed by atoms with Crippen LogP contribution in [0.4, 0.5) is 5.69 Å². The molecule has 0 unspecified atom stereocenters. The number of ether oxygens (including phenoxy) is 1. The van der Waals surface area contributed by atoms with E-state index in [0.29, 0.717) is 22.6 Å². The second kappa shape index (κ2) is 8.08. The first-order valence-corrected chi connectivity index (χ1v) is 9.03. The quantitative estimate of drug-likeness (QED) is 0.685. The number of aromatic nitrogens is 2. The summed E-state index contributed by atoms with van der Waals surface area (Å²) in [6.45, 7) is 7.10. The molecule has 0 fully saturated rings. The Morgan fingerprint density at radius 2 is 1.71 bits per heavy atom. The number of aryl methyl sites for hydroxylation is 2. The smallest absolute Gasteiger partial charge is 0.342 e. The minimum Gasteiger partial charge on any atom is -0.452 e. The minimum atomic E-state index is -0.562. The average molecular weight is 377 g/mol. The van der Waals surface area contributed by atoms with Gasteiger partial charge in [-0.05, 0) is 57.0 Å². The Hall–Kier alpha value is -3.41. The summed E-state index contributed by atoms with van der Waals surface area (Å²) in [6, 6.07) is 15.2. The van der Waals surface area contributed by atoms with Crippen LogP contribution < -0.4 is 5.32 Å². The highest BCUT2D eigenvalue weighted by Crippen LogP contribution is 2.20. The molecule has 1 amide bonds. The minimum absolute atomic E-state index is 0.360. The Bertz CT molecular complexity index is 1020. The van der Waals surface area contributed by atoms with Gasteiger partial charge < -0.3 is 10.1 Å². The van der Waals surface area contributed by atoms with Crippen molar-refractivity contribution in [3.05, 3.63) is 76.6 Å². The van der Waals surface area contributed by atoms with Gasteiger partial charge in [0, 0.05) is 5.69 Å². The Labute approximate surface area is 164 Å². The van der Waals surface area contributed by atoms with Crippen LogP contribution in [0.3, 0.4) is 0 Å². The lowest BCUT2D eigenvalue weighted by Gasteiger charge is -2.11. The molecule has 3 aromatic rings. The van der Waals surface area contributed by atoms with Gasteiger partial charge in [-0.1, -0.05) is 30.3 Å². The summed E-state index contributed by atoms with van der Waals surface area (Å²) in [5, 5.41) is 7.21. The van der Waals surface area contributed by atoms with E-state index in [1.807, 2.05) is 62.4 Å². The third kappa shape index (κ3) is 3.96. The van der Waals surface area contributed by atoms with E-state index < -0.39 is 5.97 Å². The highest BCUT2D eigenvalue weighted by atomic mass is 16.5. The average Bonchev–Trinajstić information content (AvgIpc) is 2.98. The van der Waals surface area contributed by atoms with Crippen molar-refractivity contribution < 1.29 is 14.3 Å². The zero-order valence-corrected chi connectivity index (χ0v) is 16.4. The molecule has 6 heteroatoms. The Balaban J connectivity index is 1.69. The molecular weight excluding hydrogens is 354 g/mol. The fourth-order valence-electron chi connectivity index (χ4n) is 3.03. The molecule has 1 aromatic heterocycles. The largest absolute Gasteiger partial charge is 0.452 e. The second-order valence-corrected chi connectivity index (χ2v) is 6.66. The molecule has 0 aliphatic carbocycles. The number of carbonyl (C=O) groups is 2. The molecule has 0 radical (unpaired) electrons. The van der Waals surface area contributed by atoms with E-state index in [9.17, 15) is 9.59 Å². The first-order valence-electron chi connectivity index (χ1n) is 9.03. The van der Waals surface area contributed by atoms with E-state index in [0.717, 1.165) is 16.8 Å². The zero-order chi connectivity index (χ0) is 20.3. The predicted molar refractivity (Wildman–Crippen MR) is 108 cm³/mol.